The first-order chi connectivity index (χ1) is 16.0. The van der Waals surface area contributed by atoms with E-state index in [1.807, 2.05) is 25.1 Å². The fraction of sp³-hybridized carbons (Fsp3) is 0.154. The minimum Gasteiger partial charge on any atom is -0.508 e. The van der Waals surface area contributed by atoms with Gasteiger partial charge in [-0.15, -0.1) is 0 Å². The zero-order valence-electron chi connectivity index (χ0n) is 17.7. The number of nitrogens with zero attached hydrogens (tertiary/aromatic N) is 1. The molecule has 2 aliphatic rings. The summed E-state index contributed by atoms with van der Waals surface area (Å²) < 4.78 is 16.8. The highest BCUT2D eigenvalue weighted by Gasteiger charge is 2.42. The van der Waals surface area contributed by atoms with Crippen LogP contribution in [-0.4, -0.2) is 22.7 Å². The number of amides is 1. The summed E-state index contributed by atoms with van der Waals surface area (Å²) in [6, 6.07) is 16.7. The molecule has 6 rings (SSSR count). The number of phenols is 1. The van der Waals surface area contributed by atoms with Crippen molar-refractivity contribution in [2.45, 2.75) is 19.5 Å². The van der Waals surface area contributed by atoms with Crippen molar-refractivity contribution in [2.24, 2.45) is 0 Å². The van der Waals surface area contributed by atoms with Gasteiger partial charge in [-0.3, -0.25) is 9.59 Å². The Morgan fingerprint density at radius 1 is 0.970 bits per heavy atom. The summed E-state index contributed by atoms with van der Waals surface area (Å²) in [6.45, 7) is 2.30. The Bertz CT molecular complexity index is 1490. The lowest BCUT2D eigenvalue weighted by Crippen LogP contribution is -2.29. The molecule has 4 aromatic rings. The van der Waals surface area contributed by atoms with E-state index in [0.717, 1.165) is 11.1 Å². The topological polar surface area (TPSA) is 89.2 Å². The molecule has 3 heterocycles. The standard InChI is InChI=1S/C26H19NO6/c1-14-2-8-19-18(10-14)24(29)22-23(16-4-6-17(28)7-5-16)27(26(30)25(22)33-19)12-15-3-9-20-21(11-15)32-13-31-20/h2-11,23,28H,12-13H2,1H3/t23-/m1/s1. The van der Waals surface area contributed by atoms with Crippen molar-refractivity contribution in [3.63, 3.8) is 0 Å². The number of phenolic OH excluding ortho intramolecular Hbond substituents is 1. The summed E-state index contributed by atoms with van der Waals surface area (Å²) in [5.41, 5.74) is 2.93. The molecular weight excluding hydrogens is 422 g/mol. The average molecular weight is 441 g/mol. The summed E-state index contributed by atoms with van der Waals surface area (Å²) in [5.74, 6) is 1.07. The van der Waals surface area contributed by atoms with Gasteiger partial charge in [0.15, 0.2) is 16.9 Å². The largest absolute Gasteiger partial charge is 0.508 e. The van der Waals surface area contributed by atoms with E-state index in [4.69, 9.17) is 13.9 Å². The number of aromatic hydroxyl groups is 1. The van der Waals surface area contributed by atoms with Crippen LogP contribution in [0.1, 0.15) is 38.9 Å². The molecule has 1 N–H and O–H groups in total. The molecule has 1 amide bonds. The van der Waals surface area contributed by atoms with Gasteiger partial charge in [-0.2, -0.15) is 0 Å². The van der Waals surface area contributed by atoms with E-state index in [0.29, 0.717) is 33.6 Å². The number of fused-ring (bicyclic) bond motifs is 3. The van der Waals surface area contributed by atoms with Gasteiger partial charge in [0.2, 0.25) is 12.6 Å². The van der Waals surface area contributed by atoms with Crippen molar-refractivity contribution >= 4 is 16.9 Å². The molecule has 7 heteroatoms. The summed E-state index contributed by atoms with van der Waals surface area (Å²) in [7, 11) is 0. The highest BCUT2D eigenvalue weighted by atomic mass is 16.7. The average Bonchev–Trinajstić information content (AvgIpc) is 3.38. The molecule has 7 nitrogen and oxygen atoms in total. The number of hydrogen-bond acceptors (Lipinski definition) is 6. The summed E-state index contributed by atoms with van der Waals surface area (Å²) in [6.07, 6.45) is 0. The number of benzene rings is 3. The molecule has 0 fully saturated rings. The van der Waals surface area contributed by atoms with Crippen LogP contribution in [0.25, 0.3) is 11.0 Å². The molecule has 0 radical (unpaired) electrons. The third-order valence-electron chi connectivity index (χ3n) is 6.12. The van der Waals surface area contributed by atoms with E-state index in [-0.39, 0.29) is 36.2 Å². The molecule has 0 aliphatic carbocycles. The lowest BCUT2D eigenvalue weighted by atomic mass is 9.98. The van der Waals surface area contributed by atoms with Crippen molar-refractivity contribution in [3.05, 3.63) is 98.9 Å². The van der Waals surface area contributed by atoms with Crippen molar-refractivity contribution < 1.29 is 23.8 Å². The maximum Gasteiger partial charge on any atom is 0.291 e. The van der Waals surface area contributed by atoms with Crippen LogP contribution in [-0.2, 0) is 6.54 Å². The molecule has 0 unspecified atom stereocenters. The Kier molecular flexibility index (Phi) is 4.20. The third-order valence-corrected chi connectivity index (χ3v) is 6.12. The second-order valence-electron chi connectivity index (χ2n) is 8.29. The maximum atomic E-state index is 13.6. The molecule has 164 valence electrons. The first-order valence-electron chi connectivity index (χ1n) is 10.6. The Balaban J connectivity index is 1.52. The first kappa shape index (κ1) is 19.4. The van der Waals surface area contributed by atoms with Crippen LogP contribution >= 0.6 is 0 Å². The summed E-state index contributed by atoms with van der Waals surface area (Å²) in [5, 5.41) is 10.2. The molecule has 33 heavy (non-hydrogen) atoms. The zero-order chi connectivity index (χ0) is 22.7. The molecule has 0 spiro atoms. The number of hydrogen-bond donors (Lipinski definition) is 1. The number of ether oxygens (including phenoxy) is 2. The van der Waals surface area contributed by atoms with Crippen LogP contribution in [0.5, 0.6) is 17.2 Å². The highest BCUT2D eigenvalue weighted by molar-refractivity contribution is 5.99. The van der Waals surface area contributed by atoms with Gasteiger partial charge in [0.25, 0.3) is 5.91 Å². The summed E-state index contributed by atoms with van der Waals surface area (Å²) >= 11 is 0. The zero-order valence-corrected chi connectivity index (χ0v) is 17.7. The van der Waals surface area contributed by atoms with Gasteiger partial charge in [0, 0.05) is 6.54 Å². The predicted octanol–water partition coefficient (Wildman–Crippen LogP) is 4.28. The van der Waals surface area contributed by atoms with Crippen molar-refractivity contribution in [2.75, 3.05) is 6.79 Å². The quantitative estimate of drug-likeness (QED) is 0.511. The van der Waals surface area contributed by atoms with Crippen LogP contribution in [0.15, 0.2) is 69.9 Å². The molecule has 3 aromatic carbocycles. The minimum absolute atomic E-state index is 0.0511. The first-order valence-corrected chi connectivity index (χ1v) is 10.6. The number of rotatable bonds is 3. The molecule has 1 aromatic heterocycles. The maximum absolute atomic E-state index is 13.6. The monoisotopic (exact) mass is 441 g/mol. The number of carbonyl (C=O) groups excluding carboxylic acids is 1. The Labute approximate surface area is 188 Å². The summed E-state index contributed by atoms with van der Waals surface area (Å²) in [4.78, 5) is 28.7. The van der Waals surface area contributed by atoms with Crippen LogP contribution in [0.4, 0.5) is 0 Å². The fourth-order valence-corrected chi connectivity index (χ4v) is 4.54. The molecule has 0 saturated carbocycles. The Morgan fingerprint density at radius 3 is 2.58 bits per heavy atom. The van der Waals surface area contributed by atoms with Crippen molar-refractivity contribution in [1.29, 1.82) is 0 Å². The predicted molar refractivity (Wildman–Crippen MR) is 120 cm³/mol. The van der Waals surface area contributed by atoms with Gasteiger partial charge < -0.3 is 23.9 Å². The van der Waals surface area contributed by atoms with Gasteiger partial charge >= 0.3 is 0 Å². The SMILES string of the molecule is Cc1ccc2oc3c(c(=O)c2c1)[C@@H](c1ccc(O)cc1)N(Cc1ccc2c(c1)OCO2)C3=O. The highest BCUT2D eigenvalue weighted by Crippen LogP contribution is 2.40. The fourth-order valence-electron chi connectivity index (χ4n) is 4.54. The van der Waals surface area contributed by atoms with Crippen LogP contribution in [0.3, 0.4) is 0 Å². The van der Waals surface area contributed by atoms with Gasteiger partial charge in [-0.05, 0) is 54.4 Å². The minimum atomic E-state index is -0.653. The number of carbonyl (C=O) groups is 1. The second kappa shape index (κ2) is 7.13. The molecular formula is C26H19NO6. The van der Waals surface area contributed by atoms with Gasteiger partial charge in [-0.1, -0.05) is 29.8 Å². The Hall–Kier alpha value is -4.26. The number of aryl methyl sites for hydroxylation is 1. The van der Waals surface area contributed by atoms with Crippen molar-refractivity contribution in [3.8, 4) is 17.2 Å². The van der Waals surface area contributed by atoms with E-state index in [9.17, 15) is 14.7 Å². The van der Waals surface area contributed by atoms with E-state index in [2.05, 4.69) is 0 Å². The van der Waals surface area contributed by atoms with E-state index in [1.54, 1.807) is 47.4 Å². The third kappa shape index (κ3) is 3.04. The molecule has 0 saturated heterocycles. The molecule has 0 bridgehead atoms. The van der Waals surface area contributed by atoms with E-state index in [1.165, 1.54) is 0 Å². The lowest BCUT2D eigenvalue weighted by Gasteiger charge is -2.25. The second-order valence-corrected chi connectivity index (χ2v) is 8.29. The van der Waals surface area contributed by atoms with Gasteiger partial charge in [0.05, 0.1) is 17.0 Å². The van der Waals surface area contributed by atoms with Crippen LogP contribution in [0.2, 0.25) is 0 Å². The lowest BCUT2D eigenvalue weighted by molar-refractivity contribution is 0.0714. The van der Waals surface area contributed by atoms with E-state index < -0.39 is 6.04 Å². The smallest absolute Gasteiger partial charge is 0.291 e. The molecule has 2 aliphatic heterocycles. The van der Waals surface area contributed by atoms with Gasteiger partial charge in [0.1, 0.15) is 11.3 Å². The van der Waals surface area contributed by atoms with E-state index >= 15 is 0 Å². The van der Waals surface area contributed by atoms with Gasteiger partial charge in [-0.25, -0.2) is 0 Å². The van der Waals surface area contributed by atoms with Crippen LogP contribution < -0.4 is 14.9 Å². The Morgan fingerprint density at radius 2 is 1.76 bits per heavy atom. The van der Waals surface area contributed by atoms with Crippen molar-refractivity contribution in [1.82, 2.24) is 4.90 Å². The normalized spacial score (nSPS) is 16.5. The molecule has 1 atom stereocenters. The van der Waals surface area contributed by atoms with Crippen LogP contribution in [0, 0.1) is 6.92 Å².